The zero-order valence-electron chi connectivity index (χ0n) is 16.2. The summed E-state index contributed by atoms with van der Waals surface area (Å²) in [6.07, 6.45) is 7.26. The molecule has 0 atom stereocenters. The molecule has 0 radical (unpaired) electrons. The first-order valence-electron chi connectivity index (χ1n) is 9.62. The number of fused-ring (bicyclic) bond motifs is 1. The van der Waals surface area contributed by atoms with E-state index in [-0.39, 0.29) is 0 Å². The summed E-state index contributed by atoms with van der Waals surface area (Å²) in [6.45, 7) is 6.07. The molecule has 3 aromatic rings. The van der Waals surface area contributed by atoms with E-state index >= 15 is 0 Å². The van der Waals surface area contributed by atoms with Crippen LogP contribution in [0.3, 0.4) is 0 Å². The highest BCUT2D eigenvalue weighted by Gasteiger charge is 2.18. The maximum Gasteiger partial charge on any atom is 0.138 e. The van der Waals surface area contributed by atoms with Crippen molar-refractivity contribution in [3.05, 3.63) is 47.8 Å². The third kappa shape index (κ3) is 3.69. The second-order valence-corrected chi connectivity index (χ2v) is 6.70. The SMILES string of the molecule is CC.CN=Nc1ccc(-c2c[nH]c3nc(CC4CCC4)ccc23)cc1C. The normalized spacial score (nSPS) is 14.3. The van der Waals surface area contributed by atoms with E-state index in [2.05, 4.69) is 52.6 Å². The molecule has 1 N–H and O–H groups in total. The van der Waals surface area contributed by atoms with E-state index in [1.165, 1.54) is 41.5 Å². The number of nitrogens with zero attached hydrogens (tertiary/aromatic N) is 3. The van der Waals surface area contributed by atoms with Gasteiger partial charge in [0.1, 0.15) is 5.65 Å². The molecule has 136 valence electrons. The summed E-state index contributed by atoms with van der Waals surface area (Å²) in [4.78, 5) is 8.17. The Morgan fingerprint density at radius 3 is 2.62 bits per heavy atom. The minimum absolute atomic E-state index is 0.840. The lowest BCUT2D eigenvalue weighted by Crippen LogP contribution is -2.14. The summed E-state index contributed by atoms with van der Waals surface area (Å²) < 4.78 is 0. The van der Waals surface area contributed by atoms with E-state index in [1.54, 1.807) is 7.05 Å². The predicted molar refractivity (Wildman–Crippen MR) is 109 cm³/mol. The van der Waals surface area contributed by atoms with Crippen LogP contribution in [0.4, 0.5) is 5.69 Å². The molecule has 0 unspecified atom stereocenters. The Bertz CT molecular complexity index is 904. The van der Waals surface area contributed by atoms with E-state index < -0.39 is 0 Å². The average Bonchev–Trinajstić information content (AvgIpc) is 3.05. The number of aromatic nitrogens is 2. The number of aryl methyl sites for hydroxylation is 1. The van der Waals surface area contributed by atoms with Gasteiger partial charge in [0.2, 0.25) is 0 Å². The van der Waals surface area contributed by atoms with Gasteiger partial charge in [-0.2, -0.15) is 10.2 Å². The lowest BCUT2D eigenvalue weighted by atomic mass is 9.82. The number of hydrogen-bond donors (Lipinski definition) is 1. The van der Waals surface area contributed by atoms with Crippen molar-refractivity contribution < 1.29 is 0 Å². The molecule has 0 saturated heterocycles. The zero-order chi connectivity index (χ0) is 18.5. The fourth-order valence-electron chi connectivity index (χ4n) is 3.43. The first-order valence-corrected chi connectivity index (χ1v) is 9.62. The molecule has 2 aromatic heterocycles. The van der Waals surface area contributed by atoms with Crippen LogP contribution in [0.25, 0.3) is 22.2 Å². The molecule has 4 heteroatoms. The van der Waals surface area contributed by atoms with E-state index in [4.69, 9.17) is 4.98 Å². The van der Waals surface area contributed by atoms with Crippen LogP contribution in [0.1, 0.15) is 44.4 Å². The summed E-state index contributed by atoms with van der Waals surface area (Å²) >= 11 is 0. The van der Waals surface area contributed by atoms with Gasteiger partial charge >= 0.3 is 0 Å². The van der Waals surface area contributed by atoms with Gasteiger partial charge in [0.25, 0.3) is 0 Å². The minimum atomic E-state index is 0.840. The van der Waals surface area contributed by atoms with Crippen LogP contribution in [0.2, 0.25) is 0 Å². The lowest BCUT2D eigenvalue weighted by molar-refractivity contribution is 0.312. The number of pyridine rings is 1. The van der Waals surface area contributed by atoms with Crippen LogP contribution >= 0.6 is 0 Å². The second kappa shape index (κ2) is 8.26. The summed E-state index contributed by atoms with van der Waals surface area (Å²) in [5.41, 5.74) is 6.61. The molecule has 1 fully saturated rings. The van der Waals surface area contributed by atoms with Gasteiger partial charge in [-0.25, -0.2) is 4.98 Å². The van der Waals surface area contributed by atoms with Gasteiger partial charge in [-0.15, -0.1) is 0 Å². The van der Waals surface area contributed by atoms with Crippen molar-refractivity contribution in [2.75, 3.05) is 7.05 Å². The summed E-state index contributed by atoms with van der Waals surface area (Å²) in [5.74, 6) is 0.840. The van der Waals surface area contributed by atoms with Gasteiger partial charge in [-0.05, 0) is 54.7 Å². The largest absolute Gasteiger partial charge is 0.346 e. The van der Waals surface area contributed by atoms with Crippen LogP contribution in [-0.4, -0.2) is 17.0 Å². The average molecular weight is 348 g/mol. The molecule has 2 heterocycles. The summed E-state index contributed by atoms with van der Waals surface area (Å²) in [7, 11) is 1.69. The van der Waals surface area contributed by atoms with E-state index in [1.807, 2.05) is 19.9 Å². The fraction of sp³-hybridized carbons (Fsp3) is 0.409. The van der Waals surface area contributed by atoms with E-state index in [9.17, 15) is 0 Å². The Labute approximate surface area is 155 Å². The molecule has 0 aliphatic heterocycles. The first-order chi connectivity index (χ1) is 12.7. The van der Waals surface area contributed by atoms with Crippen LogP contribution in [0.15, 0.2) is 46.8 Å². The summed E-state index contributed by atoms with van der Waals surface area (Å²) in [5, 5.41) is 9.19. The number of aromatic amines is 1. The minimum Gasteiger partial charge on any atom is -0.346 e. The van der Waals surface area contributed by atoms with E-state index in [0.29, 0.717) is 0 Å². The number of H-pyrrole nitrogens is 1. The quantitative estimate of drug-likeness (QED) is 0.529. The van der Waals surface area contributed by atoms with E-state index in [0.717, 1.165) is 29.2 Å². The molecule has 1 aliphatic carbocycles. The Balaban J connectivity index is 0.000000948. The van der Waals surface area contributed by atoms with Crippen LogP contribution in [0.5, 0.6) is 0 Å². The van der Waals surface area contributed by atoms with Crippen LogP contribution in [0, 0.1) is 12.8 Å². The van der Waals surface area contributed by atoms with Crippen molar-refractivity contribution in [3.8, 4) is 11.1 Å². The van der Waals surface area contributed by atoms with Gasteiger partial charge in [-0.3, -0.25) is 0 Å². The maximum atomic E-state index is 4.82. The third-order valence-corrected chi connectivity index (χ3v) is 5.03. The highest BCUT2D eigenvalue weighted by molar-refractivity contribution is 5.94. The number of rotatable bonds is 4. The smallest absolute Gasteiger partial charge is 0.138 e. The second-order valence-electron chi connectivity index (χ2n) is 6.70. The molecule has 1 saturated carbocycles. The third-order valence-electron chi connectivity index (χ3n) is 5.03. The Hall–Kier alpha value is -2.49. The Morgan fingerprint density at radius 1 is 1.15 bits per heavy atom. The number of benzene rings is 1. The van der Waals surface area contributed by atoms with Crippen LogP contribution < -0.4 is 0 Å². The van der Waals surface area contributed by atoms with Crippen molar-refractivity contribution in [1.29, 1.82) is 0 Å². The van der Waals surface area contributed by atoms with Crippen molar-refractivity contribution in [1.82, 2.24) is 9.97 Å². The monoisotopic (exact) mass is 348 g/mol. The zero-order valence-corrected chi connectivity index (χ0v) is 16.2. The standard InChI is InChI=1S/C20H22N4.C2H6/c1-13-10-15(6-9-19(13)24-21-2)18-12-22-20-17(18)8-7-16(23-20)11-14-4-3-5-14;1-2/h6-10,12,14H,3-5,11H2,1-2H3,(H,22,23);1-2H3. The lowest BCUT2D eigenvalue weighted by Gasteiger charge is -2.24. The van der Waals surface area contributed by atoms with Gasteiger partial charge in [0, 0.05) is 29.9 Å². The Morgan fingerprint density at radius 2 is 1.96 bits per heavy atom. The molecular formula is C22H28N4. The van der Waals surface area contributed by atoms with Crippen molar-refractivity contribution >= 4 is 16.7 Å². The number of nitrogens with one attached hydrogen (secondary N) is 1. The molecule has 1 aliphatic rings. The molecule has 0 spiro atoms. The summed E-state index contributed by atoms with van der Waals surface area (Å²) in [6, 6.07) is 10.7. The number of hydrogen-bond acceptors (Lipinski definition) is 3. The first kappa shape index (κ1) is 18.3. The topological polar surface area (TPSA) is 53.4 Å². The molecular weight excluding hydrogens is 320 g/mol. The predicted octanol–water partition coefficient (Wildman–Crippen LogP) is 6.62. The highest BCUT2D eigenvalue weighted by Crippen LogP contribution is 2.33. The molecule has 0 bridgehead atoms. The highest BCUT2D eigenvalue weighted by atomic mass is 15.1. The van der Waals surface area contributed by atoms with Crippen molar-refractivity contribution in [3.63, 3.8) is 0 Å². The molecule has 4 rings (SSSR count). The molecule has 4 nitrogen and oxygen atoms in total. The van der Waals surface area contributed by atoms with Gasteiger partial charge in [0.05, 0.1) is 5.69 Å². The van der Waals surface area contributed by atoms with Gasteiger partial charge in [-0.1, -0.05) is 39.2 Å². The Kier molecular flexibility index (Phi) is 5.82. The van der Waals surface area contributed by atoms with Gasteiger partial charge < -0.3 is 4.98 Å². The van der Waals surface area contributed by atoms with Crippen molar-refractivity contribution in [2.24, 2.45) is 16.1 Å². The molecule has 1 aromatic carbocycles. The fourth-order valence-corrected chi connectivity index (χ4v) is 3.43. The van der Waals surface area contributed by atoms with Gasteiger partial charge in [0.15, 0.2) is 0 Å². The maximum absolute atomic E-state index is 4.82. The molecule has 0 amide bonds. The van der Waals surface area contributed by atoms with Crippen molar-refractivity contribution in [2.45, 2.75) is 46.5 Å². The molecule has 26 heavy (non-hydrogen) atoms. The van der Waals surface area contributed by atoms with Crippen LogP contribution in [-0.2, 0) is 6.42 Å². The number of azo groups is 1.